The van der Waals surface area contributed by atoms with Crippen LogP contribution in [0.2, 0.25) is 0 Å². The molecule has 0 radical (unpaired) electrons. The molecule has 0 aliphatic carbocycles. The predicted octanol–water partition coefficient (Wildman–Crippen LogP) is 8.13. The Hall–Kier alpha value is -5.13. The van der Waals surface area contributed by atoms with Gasteiger partial charge in [0, 0.05) is 10.8 Å². The van der Waals surface area contributed by atoms with Gasteiger partial charge in [-0.2, -0.15) is 0 Å². The van der Waals surface area contributed by atoms with Gasteiger partial charge in [-0.05, 0) is 29.3 Å². The Labute approximate surface area is 270 Å². The number of hydrogen-bond donors (Lipinski definition) is 0. The van der Waals surface area contributed by atoms with Crippen LogP contribution in [0, 0.1) is 7.14 Å². The zero-order chi connectivity index (χ0) is 29.5. The van der Waals surface area contributed by atoms with E-state index in [0.717, 1.165) is 21.9 Å². The maximum absolute atomic E-state index is 6.05. The third-order valence-electron chi connectivity index (χ3n) is 9.18. The molecule has 212 valence electrons. The van der Waals surface area contributed by atoms with E-state index in [4.69, 9.17) is 4.42 Å². The molecular weight excluding hydrogens is 661 g/mol. The van der Waals surface area contributed by atoms with Crippen LogP contribution in [0.1, 0.15) is 0 Å². The van der Waals surface area contributed by atoms with Gasteiger partial charge in [0.2, 0.25) is 0 Å². The molecule has 10 rings (SSSR count). The van der Waals surface area contributed by atoms with Gasteiger partial charge in [0.05, 0.1) is 0 Å². The number of furan rings is 1. The fourth-order valence-electron chi connectivity index (χ4n) is 7.00. The summed E-state index contributed by atoms with van der Waals surface area (Å²) >= 11 is -0.114. The molecule has 0 saturated carbocycles. The molecule has 0 amide bonds. The van der Waals surface area contributed by atoms with E-state index in [9.17, 15) is 0 Å². The van der Waals surface area contributed by atoms with Crippen LogP contribution in [-0.4, -0.2) is 4.57 Å². The van der Waals surface area contributed by atoms with Crippen molar-refractivity contribution in [1.82, 2.24) is 4.57 Å². The van der Waals surface area contributed by atoms with E-state index in [1.54, 1.807) is 0 Å². The summed E-state index contributed by atoms with van der Waals surface area (Å²) in [5.41, 5.74) is 13.2. The Bertz CT molecular complexity index is 2620. The molecule has 0 N–H and O–H groups in total. The third-order valence-corrected chi connectivity index (χ3v) is 12.2. The van der Waals surface area contributed by atoms with Gasteiger partial charge in [-0.15, -0.1) is 0 Å². The Morgan fingerprint density at radius 2 is 1.02 bits per heavy atom. The molecule has 1 aliphatic heterocycles. The van der Waals surface area contributed by atoms with Crippen molar-refractivity contribution in [2.24, 2.45) is 0 Å². The van der Waals surface area contributed by atoms with Crippen molar-refractivity contribution in [2.75, 3.05) is 0 Å². The number of fused-ring (bicyclic) bond motifs is 9. The summed E-state index contributed by atoms with van der Waals surface area (Å²) in [6.45, 7) is 0. The molecule has 0 unspecified atom stereocenters. The van der Waals surface area contributed by atoms with Gasteiger partial charge in [-0.1, -0.05) is 24.3 Å². The van der Waals surface area contributed by atoms with Gasteiger partial charge in [0.1, 0.15) is 11.2 Å². The van der Waals surface area contributed by atoms with Crippen LogP contribution in [0.5, 0.6) is 0 Å². The number of benzene rings is 7. The van der Waals surface area contributed by atoms with Crippen LogP contribution in [0.4, 0.5) is 0 Å². The summed E-state index contributed by atoms with van der Waals surface area (Å²) in [4.78, 5) is 0. The van der Waals surface area contributed by atoms with Crippen molar-refractivity contribution in [3.05, 3.63) is 159 Å². The summed E-state index contributed by atoms with van der Waals surface area (Å²) in [6, 6.07) is 55.4. The monoisotopic (exact) mass is 686 g/mol. The number of rotatable bonds is 3. The molecule has 2 nitrogen and oxygen atoms in total. The normalized spacial score (nSPS) is 12.5. The van der Waals surface area contributed by atoms with Crippen molar-refractivity contribution >= 4 is 43.7 Å². The molecule has 0 atom stereocenters. The van der Waals surface area contributed by atoms with Crippen LogP contribution in [-0.2, 0) is 0 Å². The molecule has 9 aromatic rings. The average molecular weight is 687 g/mol. The van der Waals surface area contributed by atoms with E-state index in [2.05, 4.69) is 144 Å². The molecule has 1 aliphatic rings. The second kappa shape index (κ2) is 9.68. The first-order chi connectivity index (χ1) is 22.3. The first kappa shape index (κ1) is 25.2. The molecule has 3 heterocycles. The van der Waals surface area contributed by atoms with Gasteiger partial charge >= 0.3 is 192 Å². The molecule has 0 fully saturated rings. The zero-order valence-electron chi connectivity index (χ0n) is 24.2. The van der Waals surface area contributed by atoms with E-state index in [1.165, 1.54) is 68.0 Å². The minimum absolute atomic E-state index is 0.114. The fraction of sp³-hybridized carbons (Fsp3) is 0. The second-order valence-corrected chi connectivity index (χ2v) is 14.6. The summed E-state index contributed by atoms with van der Waals surface area (Å²) in [7, 11) is 0. The number of nitrogens with zero attached hydrogens (tertiary/aromatic N) is 1. The van der Waals surface area contributed by atoms with E-state index in [-0.39, 0.29) is 21.2 Å². The average Bonchev–Trinajstić information content (AvgIpc) is 3.77. The van der Waals surface area contributed by atoms with Crippen LogP contribution in [0.15, 0.2) is 156 Å². The molecule has 3 heteroatoms. The molecule has 0 bridgehead atoms. The molecule has 7 aromatic carbocycles. The quantitative estimate of drug-likeness (QED) is 0.172. The molecule has 45 heavy (non-hydrogen) atoms. The summed E-state index contributed by atoms with van der Waals surface area (Å²) in [5, 5.41) is 4.87. The van der Waals surface area contributed by atoms with Gasteiger partial charge in [-0.25, -0.2) is 0 Å². The zero-order valence-corrected chi connectivity index (χ0v) is 26.3. The van der Waals surface area contributed by atoms with Crippen LogP contribution in [0.25, 0.3) is 82.8 Å². The SMILES string of the molecule is c1ccc2c(c1)[I-]c1ccc(-n3c4ccccc4c4cc(-c5ccc(-c6ccc7oc8ccccc8c7c6)cc5)ccc43)cc1-2. The summed E-state index contributed by atoms with van der Waals surface area (Å²) in [5.74, 6) is 0. The Morgan fingerprint density at radius 1 is 0.400 bits per heavy atom. The first-order valence-corrected chi connectivity index (χ1v) is 17.4. The molecular formula is C42H25INO-. The second-order valence-electron chi connectivity index (χ2n) is 11.7. The Balaban J connectivity index is 1.06. The van der Waals surface area contributed by atoms with Gasteiger partial charge in [-0.3, -0.25) is 0 Å². The Kier molecular flexibility index (Phi) is 5.43. The molecule has 2 aromatic heterocycles. The third kappa shape index (κ3) is 3.87. The van der Waals surface area contributed by atoms with Crippen molar-refractivity contribution < 1.29 is 25.6 Å². The summed E-state index contributed by atoms with van der Waals surface area (Å²) in [6.07, 6.45) is 0. The number of hydrogen-bond acceptors (Lipinski definition) is 1. The van der Waals surface area contributed by atoms with E-state index in [0.29, 0.717) is 0 Å². The molecule has 0 saturated heterocycles. The first-order valence-electron chi connectivity index (χ1n) is 15.2. The van der Waals surface area contributed by atoms with E-state index >= 15 is 0 Å². The number of para-hydroxylation sites is 2. The maximum atomic E-state index is 6.05. The van der Waals surface area contributed by atoms with Crippen LogP contribution < -0.4 is 21.2 Å². The van der Waals surface area contributed by atoms with E-state index < -0.39 is 0 Å². The van der Waals surface area contributed by atoms with Crippen molar-refractivity contribution in [3.8, 4) is 39.1 Å². The standard InChI is InChI=1S/C42H25INO/c1-4-10-37-31(7-1)34-25-30(19-20-38(34)43-37)44-39-11-5-2-8-32(39)35-23-28(17-21-40(35)44)26-13-15-27(16-14-26)29-18-22-42-36(24-29)33-9-3-6-12-41(33)45-42/h1-25H/q-1. The Morgan fingerprint density at radius 3 is 1.89 bits per heavy atom. The number of halogens is 1. The predicted molar refractivity (Wildman–Crippen MR) is 182 cm³/mol. The van der Waals surface area contributed by atoms with Crippen LogP contribution >= 0.6 is 0 Å². The molecule has 0 spiro atoms. The fourth-order valence-corrected chi connectivity index (χ4v) is 9.87. The summed E-state index contributed by atoms with van der Waals surface area (Å²) < 4.78 is 11.5. The van der Waals surface area contributed by atoms with Crippen molar-refractivity contribution in [3.63, 3.8) is 0 Å². The van der Waals surface area contributed by atoms with E-state index in [1.807, 2.05) is 12.1 Å². The topological polar surface area (TPSA) is 18.1 Å². The van der Waals surface area contributed by atoms with Gasteiger partial charge < -0.3 is 4.42 Å². The van der Waals surface area contributed by atoms with Crippen LogP contribution in [0.3, 0.4) is 0 Å². The van der Waals surface area contributed by atoms with Crippen molar-refractivity contribution in [1.29, 1.82) is 0 Å². The number of aromatic nitrogens is 1. The minimum atomic E-state index is -0.114. The van der Waals surface area contributed by atoms with Gasteiger partial charge in [0.15, 0.2) is 0 Å². The van der Waals surface area contributed by atoms with Gasteiger partial charge in [0.25, 0.3) is 0 Å². The van der Waals surface area contributed by atoms with Crippen molar-refractivity contribution in [2.45, 2.75) is 0 Å².